The second-order valence-corrected chi connectivity index (χ2v) is 5.95. The lowest BCUT2D eigenvalue weighted by molar-refractivity contribution is -0.910. The van der Waals surface area contributed by atoms with Crippen LogP contribution in [0.2, 0.25) is 0 Å². The van der Waals surface area contributed by atoms with Crippen molar-refractivity contribution in [3.8, 4) is 5.75 Å². The molecule has 2 aromatic carbocycles. The average molecular weight is 324 g/mol. The van der Waals surface area contributed by atoms with Gasteiger partial charge in [0.15, 0.2) is 5.82 Å². The van der Waals surface area contributed by atoms with Crippen LogP contribution in [0.25, 0.3) is 10.9 Å². The number of quaternary nitrogens is 1. The summed E-state index contributed by atoms with van der Waals surface area (Å²) < 4.78 is 5.74. The van der Waals surface area contributed by atoms with Gasteiger partial charge in [-0.15, -0.1) is 0 Å². The van der Waals surface area contributed by atoms with Gasteiger partial charge in [0.05, 0.1) is 18.0 Å². The van der Waals surface area contributed by atoms with Gasteiger partial charge in [0.25, 0.3) is 5.56 Å². The number of fused-ring (bicyclic) bond motifs is 1. The van der Waals surface area contributed by atoms with Crippen molar-refractivity contribution in [1.29, 1.82) is 0 Å². The molecule has 24 heavy (non-hydrogen) atoms. The summed E-state index contributed by atoms with van der Waals surface area (Å²) in [5, 5.41) is 0.624. The maximum absolute atomic E-state index is 12.2. The number of hydrogen-bond acceptors (Lipinski definition) is 3. The van der Waals surface area contributed by atoms with E-state index in [0.717, 1.165) is 17.8 Å². The lowest BCUT2D eigenvalue weighted by atomic mass is 10.2. The van der Waals surface area contributed by atoms with E-state index in [2.05, 4.69) is 23.9 Å². The van der Waals surface area contributed by atoms with Crippen molar-refractivity contribution in [2.45, 2.75) is 13.0 Å². The van der Waals surface area contributed by atoms with Gasteiger partial charge in [0, 0.05) is 0 Å². The summed E-state index contributed by atoms with van der Waals surface area (Å²) in [4.78, 5) is 20.9. The first-order valence-electron chi connectivity index (χ1n) is 8.14. The van der Waals surface area contributed by atoms with Gasteiger partial charge in [-0.2, -0.15) is 0 Å². The van der Waals surface area contributed by atoms with Crippen LogP contribution in [0.1, 0.15) is 18.8 Å². The van der Waals surface area contributed by atoms with E-state index in [1.807, 2.05) is 48.5 Å². The molecule has 0 radical (unpaired) electrons. The van der Waals surface area contributed by atoms with E-state index in [9.17, 15) is 4.79 Å². The van der Waals surface area contributed by atoms with Gasteiger partial charge in [-0.3, -0.25) is 4.79 Å². The molecule has 2 atom stereocenters. The van der Waals surface area contributed by atoms with Crippen LogP contribution in [-0.4, -0.2) is 30.2 Å². The topological polar surface area (TPSA) is 59.4 Å². The molecule has 1 aromatic heterocycles. The zero-order chi connectivity index (χ0) is 16.9. The molecule has 0 amide bonds. The Morgan fingerprint density at radius 1 is 1.12 bits per heavy atom. The summed E-state index contributed by atoms with van der Waals surface area (Å²) in [5.41, 5.74) is 0.646. The summed E-state index contributed by atoms with van der Waals surface area (Å²) in [7, 11) is 2.08. The van der Waals surface area contributed by atoms with Gasteiger partial charge < -0.3 is 14.6 Å². The number of nitrogens with zero attached hydrogens (tertiary/aromatic N) is 1. The van der Waals surface area contributed by atoms with Crippen LogP contribution in [0.15, 0.2) is 59.4 Å². The molecular weight excluding hydrogens is 302 g/mol. The van der Waals surface area contributed by atoms with Gasteiger partial charge >= 0.3 is 0 Å². The van der Waals surface area contributed by atoms with Crippen LogP contribution in [0.4, 0.5) is 0 Å². The summed E-state index contributed by atoms with van der Waals surface area (Å²) in [5.74, 6) is 1.58. The van der Waals surface area contributed by atoms with Gasteiger partial charge in [-0.05, 0) is 31.2 Å². The third kappa shape index (κ3) is 3.63. The second kappa shape index (κ2) is 7.27. The number of rotatable bonds is 6. The van der Waals surface area contributed by atoms with Crippen molar-refractivity contribution in [1.82, 2.24) is 9.97 Å². The highest BCUT2D eigenvalue weighted by Gasteiger charge is 2.18. The third-order valence-electron chi connectivity index (χ3n) is 4.29. The van der Waals surface area contributed by atoms with Crippen LogP contribution < -0.4 is 15.2 Å². The molecule has 1 unspecified atom stereocenters. The number of nitrogens with one attached hydrogen (secondary N) is 2. The quantitative estimate of drug-likeness (QED) is 0.724. The largest absolute Gasteiger partial charge is 0.488 e. The summed E-state index contributed by atoms with van der Waals surface area (Å²) in [6.45, 7) is 3.48. The number of benzene rings is 2. The van der Waals surface area contributed by atoms with E-state index in [1.54, 1.807) is 6.07 Å². The van der Waals surface area contributed by atoms with Crippen LogP contribution in [-0.2, 0) is 0 Å². The fourth-order valence-electron chi connectivity index (χ4n) is 2.61. The Balaban J connectivity index is 1.67. The predicted molar refractivity (Wildman–Crippen MR) is 94.5 cm³/mol. The van der Waals surface area contributed by atoms with Crippen LogP contribution >= 0.6 is 0 Å². The van der Waals surface area contributed by atoms with Crippen molar-refractivity contribution < 1.29 is 9.64 Å². The Morgan fingerprint density at radius 3 is 2.62 bits per heavy atom. The highest BCUT2D eigenvalue weighted by Crippen LogP contribution is 2.09. The van der Waals surface area contributed by atoms with Crippen LogP contribution in [0.5, 0.6) is 5.75 Å². The lowest BCUT2D eigenvalue weighted by Crippen LogP contribution is -3.09. The molecule has 5 heteroatoms. The van der Waals surface area contributed by atoms with Crippen molar-refractivity contribution in [2.75, 3.05) is 20.2 Å². The van der Waals surface area contributed by atoms with Gasteiger partial charge in [-0.1, -0.05) is 30.3 Å². The van der Waals surface area contributed by atoms with Crippen molar-refractivity contribution in [3.63, 3.8) is 0 Å². The smallest absolute Gasteiger partial charge is 0.258 e. The predicted octanol–water partition coefficient (Wildman–Crippen LogP) is 1.58. The number of hydrogen-bond donors (Lipinski definition) is 2. The van der Waals surface area contributed by atoms with E-state index in [4.69, 9.17) is 4.74 Å². The third-order valence-corrected chi connectivity index (χ3v) is 4.29. The monoisotopic (exact) mass is 324 g/mol. The van der Waals surface area contributed by atoms with Crippen LogP contribution in [0.3, 0.4) is 0 Å². The fraction of sp³-hybridized carbons (Fsp3) is 0.263. The van der Waals surface area contributed by atoms with Gasteiger partial charge in [0.2, 0.25) is 0 Å². The van der Waals surface area contributed by atoms with Crippen molar-refractivity contribution in [2.24, 2.45) is 0 Å². The minimum atomic E-state index is -0.0872. The van der Waals surface area contributed by atoms with E-state index in [-0.39, 0.29) is 11.6 Å². The number of ether oxygens (including phenoxy) is 1. The molecule has 2 N–H and O–H groups in total. The molecule has 0 saturated carbocycles. The van der Waals surface area contributed by atoms with E-state index < -0.39 is 0 Å². The zero-order valence-corrected chi connectivity index (χ0v) is 14.0. The lowest BCUT2D eigenvalue weighted by Gasteiger charge is -2.21. The maximum Gasteiger partial charge on any atom is 0.258 e. The standard InChI is InChI=1S/C19H21N3O2/c1-14(22(2)12-13-24-15-8-4-3-5-9-15)18-20-17-11-7-6-10-16(17)19(23)21-18/h3-11,14H,12-13H2,1-2H3,(H,20,21,23)/p+1/t14-/m1/s1. The minimum absolute atomic E-state index is 0.0710. The first kappa shape index (κ1) is 16.2. The highest BCUT2D eigenvalue weighted by atomic mass is 16.5. The Morgan fingerprint density at radius 2 is 1.83 bits per heavy atom. The average Bonchev–Trinajstić information content (AvgIpc) is 2.62. The molecule has 0 bridgehead atoms. The first-order chi connectivity index (χ1) is 11.6. The molecule has 0 aliphatic rings. The molecule has 0 saturated heterocycles. The number of para-hydroxylation sites is 2. The fourth-order valence-corrected chi connectivity index (χ4v) is 2.61. The summed E-state index contributed by atoms with van der Waals surface area (Å²) >= 11 is 0. The summed E-state index contributed by atoms with van der Waals surface area (Å²) in [6.07, 6.45) is 0. The van der Waals surface area contributed by atoms with Gasteiger partial charge in [-0.25, -0.2) is 4.98 Å². The molecule has 124 valence electrons. The molecule has 3 aromatic rings. The van der Waals surface area contributed by atoms with Crippen molar-refractivity contribution >= 4 is 10.9 Å². The molecule has 0 aliphatic heterocycles. The normalized spacial score (nSPS) is 13.6. The number of likely N-dealkylation sites (N-methyl/N-ethyl adjacent to an activating group) is 1. The Bertz CT molecular complexity index is 861. The van der Waals surface area contributed by atoms with E-state index in [0.29, 0.717) is 17.8 Å². The van der Waals surface area contributed by atoms with E-state index >= 15 is 0 Å². The number of aromatic amines is 1. The SMILES string of the molecule is C[C@H](c1nc2ccccc2c(=O)[nH]1)[NH+](C)CCOc1ccccc1. The van der Waals surface area contributed by atoms with Crippen LogP contribution in [0, 0.1) is 0 Å². The molecule has 0 aliphatic carbocycles. The first-order valence-corrected chi connectivity index (χ1v) is 8.14. The molecule has 5 nitrogen and oxygen atoms in total. The minimum Gasteiger partial charge on any atom is -0.488 e. The highest BCUT2D eigenvalue weighted by molar-refractivity contribution is 5.77. The maximum atomic E-state index is 12.2. The molecule has 0 fully saturated rings. The van der Waals surface area contributed by atoms with Crippen molar-refractivity contribution in [3.05, 3.63) is 70.8 Å². The summed E-state index contributed by atoms with van der Waals surface area (Å²) in [6, 6.07) is 17.2. The second-order valence-electron chi connectivity index (χ2n) is 5.95. The molecule has 1 heterocycles. The number of aromatic nitrogens is 2. The molecule has 0 spiro atoms. The Labute approximate surface area is 140 Å². The van der Waals surface area contributed by atoms with E-state index in [1.165, 1.54) is 4.90 Å². The number of H-pyrrole nitrogens is 1. The zero-order valence-electron chi connectivity index (χ0n) is 14.0. The molecular formula is C19H22N3O2+. The Kier molecular flexibility index (Phi) is 4.91. The molecule has 3 rings (SSSR count). The van der Waals surface area contributed by atoms with Gasteiger partial charge in [0.1, 0.15) is 24.9 Å². The Hall–Kier alpha value is -2.66.